The first kappa shape index (κ1) is 28.4. The SMILES string of the molecule is c1ccc(-c2cccc(N(c3ccc(-c4cc5ccccc5c5ccccc45)cc3)c3ccc4ccc5oc6ccccc6c5c4c3)c2)cc1. The van der Waals surface area contributed by atoms with E-state index in [0.717, 1.165) is 39.0 Å². The van der Waals surface area contributed by atoms with Gasteiger partial charge in [0.2, 0.25) is 0 Å². The van der Waals surface area contributed by atoms with E-state index < -0.39 is 0 Å². The quantitative estimate of drug-likeness (QED) is 0.175. The normalized spacial score (nSPS) is 11.6. The Morgan fingerprint density at radius 3 is 1.84 bits per heavy atom. The highest BCUT2D eigenvalue weighted by Gasteiger charge is 2.17. The molecule has 0 bridgehead atoms. The van der Waals surface area contributed by atoms with E-state index in [-0.39, 0.29) is 0 Å². The smallest absolute Gasteiger partial charge is 0.136 e. The minimum Gasteiger partial charge on any atom is -0.456 e. The highest BCUT2D eigenvalue weighted by atomic mass is 16.3. The van der Waals surface area contributed by atoms with Gasteiger partial charge in [0.15, 0.2) is 0 Å². The minimum absolute atomic E-state index is 0.903. The zero-order chi connectivity index (χ0) is 33.0. The second kappa shape index (κ2) is 11.5. The topological polar surface area (TPSA) is 16.4 Å². The van der Waals surface area contributed by atoms with Crippen molar-refractivity contribution in [1.29, 1.82) is 0 Å². The molecule has 0 fully saturated rings. The lowest BCUT2D eigenvalue weighted by Crippen LogP contribution is -2.10. The van der Waals surface area contributed by atoms with Crippen molar-refractivity contribution >= 4 is 71.3 Å². The van der Waals surface area contributed by atoms with Gasteiger partial charge < -0.3 is 9.32 Å². The molecule has 0 spiro atoms. The fraction of sp³-hybridized carbons (Fsp3) is 0. The molecule has 2 nitrogen and oxygen atoms in total. The zero-order valence-electron chi connectivity index (χ0n) is 27.3. The van der Waals surface area contributed by atoms with Crippen LogP contribution in [0.2, 0.25) is 0 Å². The van der Waals surface area contributed by atoms with Crippen LogP contribution in [0.4, 0.5) is 17.1 Å². The summed E-state index contributed by atoms with van der Waals surface area (Å²) in [5, 5.41) is 9.71. The van der Waals surface area contributed by atoms with E-state index in [9.17, 15) is 0 Å². The van der Waals surface area contributed by atoms with Crippen LogP contribution in [0.25, 0.3) is 76.5 Å². The van der Waals surface area contributed by atoms with Gasteiger partial charge in [-0.3, -0.25) is 0 Å². The minimum atomic E-state index is 0.903. The predicted octanol–water partition coefficient (Wildman–Crippen LogP) is 13.8. The van der Waals surface area contributed by atoms with E-state index in [4.69, 9.17) is 4.42 Å². The lowest BCUT2D eigenvalue weighted by atomic mass is 9.93. The summed E-state index contributed by atoms with van der Waals surface area (Å²) < 4.78 is 6.29. The molecule has 0 radical (unpaired) electrons. The monoisotopic (exact) mass is 637 g/mol. The maximum absolute atomic E-state index is 6.29. The van der Waals surface area contributed by atoms with Crippen LogP contribution in [0.3, 0.4) is 0 Å². The van der Waals surface area contributed by atoms with Gasteiger partial charge in [0.1, 0.15) is 11.2 Å². The number of anilines is 3. The fourth-order valence-electron chi connectivity index (χ4n) is 7.66. The number of nitrogens with zero attached hydrogens (tertiary/aromatic N) is 1. The number of hydrogen-bond donors (Lipinski definition) is 0. The Bertz CT molecular complexity index is 2870. The first-order valence-corrected chi connectivity index (χ1v) is 17.1. The molecule has 0 unspecified atom stereocenters. The summed E-state index contributed by atoms with van der Waals surface area (Å²) >= 11 is 0. The average Bonchev–Trinajstić information content (AvgIpc) is 3.58. The lowest BCUT2D eigenvalue weighted by molar-refractivity contribution is 0.669. The Balaban J connectivity index is 1.16. The van der Waals surface area contributed by atoms with Gasteiger partial charge in [0.05, 0.1) is 0 Å². The van der Waals surface area contributed by atoms with E-state index in [1.54, 1.807) is 0 Å². The van der Waals surface area contributed by atoms with Crippen LogP contribution in [-0.4, -0.2) is 0 Å². The lowest BCUT2D eigenvalue weighted by Gasteiger charge is -2.27. The summed E-state index contributed by atoms with van der Waals surface area (Å²) in [6.07, 6.45) is 0. The van der Waals surface area contributed by atoms with E-state index in [2.05, 4.69) is 181 Å². The third kappa shape index (κ3) is 4.65. The number of rotatable bonds is 5. The molecule has 2 heteroatoms. The molecular formula is C48H31NO. The molecule has 0 saturated carbocycles. The van der Waals surface area contributed by atoms with Crippen molar-refractivity contribution in [2.24, 2.45) is 0 Å². The van der Waals surface area contributed by atoms with Crippen molar-refractivity contribution in [2.45, 2.75) is 0 Å². The van der Waals surface area contributed by atoms with Crippen molar-refractivity contribution in [2.75, 3.05) is 4.90 Å². The Kier molecular flexibility index (Phi) is 6.53. The zero-order valence-corrected chi connectivity index (χ0v) is 27.3. The largest absolute Gasteiger partial charge is 0.456 e. The van der Waals surface area contributed by atoms with Crippen molar-refractivity contribution in [3.63, 3.8) is 0 Å². The fourth-order valence-corrected chi connectivity index (χ4v) is 7.66. The number of furan rings is 1. The molecule has 0 amide bonds. The van der Waals surface area contributed by atoms with Crippen LogP contribution in [0.5, 0.6) is 0 Å². The van der Waals surface area contributed by atoms with Crippen LogP contribution >= 0.6 is 0 Å². The predicted molar refractivity (Wildman–Crippen MR) is 212 cm³/mol. The summed E-state index contributed by atoms with van der Waals surface area (Å²) in [7, 11) is 0. The van der Waals surface area contributed by atoms with Crippen LogP contribution in [0, 0.1) is 0 Å². The maximum Gasteiger partial charge on any atom is 0.136 e. The Hall–Kier alpha value is -6.64. The average molecular weight is 638 g/mol. The molecular weight excluding hydrogens is 607 g/mol. The third-order valence-corrected chi connectivity index (χ3v) is 10.0. The molecule has 10 rings (SSSR count). The highest BCUT2D eigenvalue weighted by molar-refractivity contribution is 6.19. The molecule has 0 aliphatic rings. The molecule has 9 aromatic carbocycles. The summed E-state index contributed by atoms with van der Waals surface area (Å²) in [4.78, 5) is 2.37. The molecule has 0 saturated heterocycles. The maximum atomic E-state index is 6.29. The summed E-state index contributed by atoms with van der Waals surface area (Å²) in [6.45, 7) is 0. The van der Waals surface area contributed by atoms with Gasteiger partial charge in [-0.1, -0.05) is 133 Å². The van der Waals surface area contributed by atoms with Crippen LogP contribution in [0.1, 0.15) is 0 Å². The van der Waals surface area contributed by atoms with Crippen LogP contribution < -0.4 is 4.90 Å². The first-order chi connectivity index (χ1) is 24.8. The van der Waals surface area contributed by atoms with Gasteiger partial charge in [-0.15, -0.1) is 0 Å². The number of para-hydroxylation sites is 1. The highest BCUT2D eigenvalue weighted by Crippen LogP contribution is 2.42. The third-order valence-electron chi connectivity index (χ3n) is 10.0. The summed E-state index contributed by atoms with van der Waals surface area (Å²) in [6, 6.07) is 67.6. The van der Waals surface area contributed by atoms with Gasteiger partial charge in [-0.25, -0.2) is 0 Å². The van der Waals surface area contributed by atoms with Gasteiger partial charge in [0, 0.05) is 27.8 Å². The molecule has 1 aromatic heterocycles. The molecule has 0 aliphatic heterocycles. The summed E-state index contributed by atoms with van der Waals surface area (Å²) in [5.74, 6) is 0. The van der Waals surface area contributed by atoms with E-state index in [0.29, 0.717) is 0 Å². The van der Waals surface area contributed by atoms with Gasteiger partial charge in [-0.2, -0.15) is 0 Å². The molecule has 0 aliphatic carbocycles. The Morgan fingerprint density at radius 2 is 0.980 bits per heavy atom. The van der Waals surface area contributed by atoms with Crippen LogP contribution in [0.15, 0.2) is 192 Å². The Morgan fingerprint density at radius 1 is 0.320 bits per heavy atom. The van der Waals surface area contributed by atoms with Crippen molar-refractivity contribution in [1.82, 2.24) is 0 Å². The van der Waals surface area contributed by atoms with Gasteiger partial charge in [-0.05, 0) is 109 Å². The molecule has 10 aromatic rings. The molecule has 0 N–H and O–H groups in total. The van der Waals surface area contributed by atoms with Gasteiger partial charge in [0.25, 0.3) is 0 Å². The van der Waals surface area contributed by atoms with Crippen LogP contribution in [-0.2, 0) is 0 Å². The number of benzene rings is 9. The second-order valence-corrected chi connectivity index (χ2v) is 12.9. The Labute approximate surface area is 290 Å². The molecule has 234 valence electrons. The number of hydrogen-bond acceptors (Lipinski definition) is 2. The van der Waals surface area contributed by atoms with Crippen molar-refractivity contribution < 1.29 is 4.42 Å². The van der Waals surface area contributed by atoms with Crippen molar-refractivity contribution in [3.05, 3.63) is 188 Å². The molecule has 1 heterocycles. The van der Waals surface area contributed by atoms with Crippen molar-refractivity contribution in [3.8, 4) is 22.3 Å². The summed E-state index contributed by atoms with van der Waals surface area (Å²) in [5.41, 5.74) is 9.89. The standard InChI is InChI=1S/C48H31NO/c1-2-11-32(12-3-1)35-14-10-15-38(29-35)49(39-27-23-34-24-28-47-48(45(34)31-39)43-19-8-9-20-46(43)50-47)37-25-21-33(22-26-37)44-30-36-13-4-5-16-40(36)41-17-6-7-18-42(41)44/h1-31H. The van der Waals surface area contributed by atoms with E-state index in [1.165, 1.54) is 54.6 Å². The van der Waals surface area contributed by atoms with Gasteiger partial charge >= 0.3 is 0 Å². The molecule has 0 atom stereocenters. The second-order valence-electron chi connectivity index (χ2n) is 12.9. The number of fused-ring (bicyclic) bond motifs is 8. The first-order valence-electron chi connectivity index (χ1n) is 17.1. The van der Waals surface area contributed by atoms with E-state index >= 15 is 0 Å². The molecule has 50 heavy (non-hydrogen) atoms. The van der Waals surface area contributed by atoms with E-state index in [1.807, 2.05) is 12.1 Å².